The molecule has 0 unspecified atom stereocenters. The van der Waals surface area contributed by atoms with Crippen LogP contribution in [0.3, 0.4) is 0 Å². The van der Waals surface area contributed by atoms with E-state index in [-0.39, 0.29) is 66.4 Å². The summed E-state index contributed by atoms with van der Waals surface area (Å²) in [6.07, 6.45) is 11.4. The van der Waals surface area contributed by atoms with Crippen molar-refractivity contribution in [1.29, 1.82) is 5.41 Å². The van der Waals surface area contributed by atoms with Crippen LogP contribution in [-0.2, 0) is 9.59 Å². The van der Waals surface area contributed by atoms with Crippen LogP contribution in [0, 0.1) is 40.4 Å². The highest BCUT2D eigenvalue weighted by Gasteiger charge is 2.56. The minimum Gasteiger partial charge on any atom is -0.511 e. The first-order valence-electron chi connectivity index (χ1n) is 22.2. The zero-order valence-corrected chi connectivity index (χ0v) is 37.0. The number of hydrogen-bond acceptors (Lipinski definition) is 11. The first-order valence-corrected chi connectivity index (χ1v) is 22.2. The summed E-state index contributed by atoms with van der Waals surface area (Å²) in [7, 11) is 0. The molecule has 2 saturated heterocycles. The number of hydrogen-bond donors (Lipinski definition) is 11. The number of nitrogens with one attached hydrogen (secondary N) is 2. The Kier molecular flexibility index (Phi) is 18.1. The predicted octanol–water partition coefficient (Wildman–Crippen LogP) is 3.61. The lowest BCUT2D eigenvalue weighted by atomic mass is 9.51. The highest BCUT2D eigenvalue weighted by Crippen LogP contribution is 2.58. The first-order chi connectivity index (χ1) is 28.7. The van der Waals surface area contributed by atoms with Gasteiger partial charge in [-0.15, -0.1) is 0 Å². The number of Topliss-reactive ketones (excluding diaryl/α,β-unsaturated/α-hetero) is 1. The molecule has 0 radical (unpaired) electrons. The van der Waals surface area contributed by atoms with Crippen LogP contribution < -0.4 is 11.1 Å². The van der Waals surface area contributed by atoms with Crippen molar-refractivity contribution in [2.45, 2.75) is 155 Å². The number of aliphatic hydroxyl groups is 8. The summed E-state index contributed by atoms with van der Waals surface area (Å²) in [4.78, 5) is 27.3. The molecule has 0 aromatic carbocycles. The third-order valence-corrected chi connectivity index (χ3v) is 14.1. The Hall–Kier alpha value is -3.63. The Morgan fingerprint density at radius 3 is 2.34 bits per heavy atom. The van der Waals surface area contributed by atoms with Crippen LogP contribution in [0.5, 0.6) is 0 Å². The van der Waals surface area contributed by atoms with E-state index in [1.165, 1.54) is 0 Å². The Morgan fingerprint density at radius 2 is 1.69 bits per heavy atom. The van der Waals surface area contributed by atoms with Crippen molar-refractivity contribution in [2.75, 3.05) is 13.1 Å². The monoisotopic (exact) mass is 855 g/mol. The van der Waals surface area contributed by atoms with Crippen molar-refractivity contribution in [3.05, 3.63) is 70.6 Å². The topological polar surface area (TPSA) is 261 Å². The van der Waals surface area contributed by atoms with E-state index < -0.39 is 65.8 Å². The van der Waals surface area contributed by atoms with Gasteiger partial charge < -0.3 is 56.8 Å². The molecule has 14 heteroatoms. The summed E-state index contributed by atoms with van der Waals surface area (Å²) in [6, 6.07) is 0.0491. The first kappa shape index (κ1) is 50.0. The van der Waals surface area contributed by atoms with E-state index in [0.29, 0.717) is 44.1 Å². The largest absolute Gasteiger partial charge is 0.511 e. The number of rotatable bonds is 19. The van der Waals surface area contributed by atoms with Gasteiger partial charge in [-0.05, 0) is 114 Å². The van der Waals surface area contributed by atoms with Crippen molar-refractivity contribution in [1.82, 2.24) is 10.2 Å². The van der Waals surface area contributed by atoms with E-state index in [1.54, 1.807) is 44.2 Å². The van der Waals surface area contributed by atoms with Gasteiger partial charge in [0.05, 0.1) is 49.3 Å². The number of fused-ring (bicyclic) bond motifs is 1. The molecule has 61 heavy (non-hydrogen) atoms. The maximum atomic E-state index is 12.8. The van der Waals surface area contributed by atoms with Crippen LogP contribution in [0.25, 0.3) is 0 Å². The van der Waals surface area contributed by atoms with Gasteiger partial charge in [0.1, 0.15) is 11.3 Å². The maximum Gasteiger partial charge on any atom is 0.258 e. The zero-order valence-electron chi connectivity index (χ0n) is 37.0. The van der Waals surface area contributed by atoms with Gasteiger partial charge in [0.25, 0.3) is 5.91 Å². The molecule has 0 spiro atoms. The molecule has 3 fully saturated rings. The van der Waals surface area contributed by atoms with Gasteiger partial charge in [-0.3, -0.25) is 15.0 Å². The maximum absolute atomic E-state index is 12.8. The fraction of sp³-hybridized carbons (Fsp3) is 0.681. The van der Waals surface area contributed by atoms with Crippen molar-refractivity contribution in [3.8, 4) is 0 Å². The normalized spacial score (nSPS) is 32.0. The molecule has 2 heterocycles. The Morgan fingerprint density at radius 1 is 1.00 bits per heavy atom. The van der Waals surface area contributed by atoms with Crippen LogP contribution in [0.15, 0.2) is 70.6 Å². The molecule has 14 atom stereocenters. The van der Waals surface area contributed by atoms with Crippen LogP contribution in [0.1, 0.15) is 106 Å². The predicted molar refractivity (Wildman–Crippen MR) is 235 cm³/mol. The third kappa shape index (κ3) is 12.3. The fourth-order valence-electron chi connectivity index (χ4n) is 10.0. The van der Waals surface area contributed by atoms with Gasteiger partial charge >= 0.3 is 0 Å². The Labute approximate surface area is 361 Å². The summed E-state index contributed by atoms with van der Waals surface area (Å²) in [5, 5.41) is 97.4. The van der Waals surface area contributed by atoms with Crippen LogP contribution in [0.2, 0.25) is 0 Å². The van der Waals surface area contributed by atoms with Gasteiger partial charge in [-0.1, -0.05) is 68.9 Å². The number of allylic oxidation sites excluding steroid dienone is 2. The molecule has 14 nitrogen and oxygen atoms in total. The highest BCUT2D eigenvalue weighted by molar-refractivity contribution is 6.25. The van der Waals surface area contributed by atoms with E-state index in [1.807, 2.05) is 44.7 Å². The second-order valence-electron chi connectivity index (χ2n) is 18.5. The van der Waals surface area contributed by atoms with Crippen molar-refractivity contribution in [2.24, 2.45) is 40.7 Å². The molecule has 2 aliphatic heterocycles. The summed E-state index contributed by atoms with van der Waals surface area (Å²) in [6.45, 7) is 11.6. The molecule has 0 aromatic heterocycles. The van der Waals surface area contributed by atoms with E-state index in [9.17, 15) is 50.4 Å². The van der Waals surface area contributed by atoms with Crippen LogP contribution >= 0.6 is 0 Å². The second kappa shape index (κ2) is 22.1. The lowest BCUT2D eigenvalue weighted by Gasteiger charge is -2.54. The summed E-state index contributed by atoms with van der Waals surface area (Å²) < 4.78 is 0. The van der Waals surface area contributed by atoms with Crippen molar-refractivity contribution >= 4 is 17.6 Å². The van der Waals surface area contributed by atoms with Crippen LogP contribution in [0.4, 0.5) is 0 Å². The van der Waals surface area contributed by atoms with Gasteiger partial charge in [0.2, 0.25) is 0 Å². The minimum absolute atomic E-state index is 0.0283. The number of ketones is 1. The fourth-order valence-corrected chi connectivity index (χ4v) is 10.0. The Balaban J connectivity index is 1.28. The number of likely N-dealkylation sites (tertiary alicyclic amines) is 1. The molecular formula is C47H74N4O10. The Bertz CT molecular complexity index is 1720. The van der Waals surface area contributed by atoms with Crippen molar-refractivity contribution < 1.29 is 50.4 Å². The number of nitrogens with zero attached hydrogens (tertiary/aromatic N) is 1. The smallest absolute Gasteiger partial charge is 0.258 e. The lowest BCUT2D eigenvalue weighted by Crippen LogP contribution is -2.53. The summed E-state index contributed by atoms with van der Waals surface area (Å²) >= 11 is 0. The molecule has 1 amide bonds. The van der Waals surface area contributed by atoms with Gasteiger partial charge in [0.15, 0.2) is 11.7 Å². The van der Waals surface area contributed by atoms with Gasteiger partial charge in [-0.25, -0.2) is 0 Å². The average Bonchev–Trinajstić information content (AvgIpc) is 3.83. The van der Waals surface area contributed by atoms with E-state index in [2.05, 4.69) is 5.32 Å². The zero-order chi connectivity index (χ0) is 45.3. The standard InChI is InChI=1S/C47H74N4O10/c1-26(37(54)10-7-11-38(55)27(2)13-18-33(53)24-31-9-8-22-51(31)46(48)49)12-16-32(52)17-14-28(3)42(58)29(4)15-19-35-30(5)23-34-36(20-21-39(56)43(34)59)47(35,6)44(60)41-40(57)25-50-45(41)61/h7,10,12-14,16,23,26,29,31-39,42-43,52-56,58-60H,8-9,11,15,17-22,24-25H2,1-6H3,(H3,48,49)(H,50,61)/b10-7+,16-12+,27-13+,28-14+,44-41?/t26-,29+,31+,32-,33-,34-,35-,36-,37-,38+,39-,42-,43+,47+/m0/s1. The molecule has 4 rings (SSSR count). The molecule has 0 bridgehead atoms. The number of carbonyl (C=O) groups excluding carboxylic acids is 2. The molecule has 0 aromatic rings. The van der Waals surface area contributed by atoms with Crippen molar-refractivity contribution in [3.63, 3.8) is 0 Å². The SMILES string of the molecule is CC1=C[C@@H]2[C@@H](O)[C@@H](O)CC[C@@H]2[C@](C)(C(O)=C2C(=O)CNC2=O)[C@H]1CC[C@@H](C)[C@@H](O)/C(C)=C/C[C@@H](O)/C=C/[C@H](C)[C@@H](O)/C=C/C[C@@H](O)/C(C)=C/C[C@H](O)C[C@H]1CCCN1C(=N)N. The molecule has 12 N–H and O–H groups in total. The summed E-state index contributed by atoms with van der Waals surface area (Å²) in [5.41, 5.74) is 6.61. The number of carbonyl (C=O) groups is 2. The average molecular weight is 855 g/mol. The quantitative estimate of drug-likeness (QED) is 0.0223. The van der Waals surface area contributed by atoms with E-state index >= 15 is 0 Å². The molecule has 4 aliphatic rings. The number of amides is 1. The van der Waals surface area contributed by atoms with E-state index in [4.69, 9.17) is 11.1 Å². The third-order valence-electron chi connectivity index (χ3n) is 14.1. The number of guanidine groups is 1. The van der Waals surface area contributed by atoms with Gasteiger partial charge in [-0.2, -0.15) is 0 Å². The number of nitrogens with two attached hydrogens (primary N) is 1. The molecule has 1 saturated carbocycles. The number of aliphatic hydroxyl groups excluding tert-OH is 8. The summed E-state index contributed by atoms with van der Waals surface area (Å²) in [5.74, 6) is -3.02. The molecule has 2 aliphatic carbocycles. The van der Waals surface area contributed by atoms with Gasteiger partial charge in [0, 0.05) is 29.8 Å². The van der Waals surface area contributed by atoms with Crippen LogP contribution in [-0.4, -0.2) is 125 Å². The minimum atomic E-state index is -1.08. The second-order valence-corrected chi connectivity index (χ2v) is 18.5. The molecular weight excluding hydrogens is 781 g/mol. The molecule has 342 valence electrons. The lowest BCUT2D eigenvalue weighted by molar-refractivity contribution is -0.118. The highest BCUT2D eigenvalue weighted by atomic mass is 16.3. The van der Waals surface area contributed by atoms with E-state index in [0.717, 1.165) is 30.5 Å².